The fraction of sp³-hybridized carbons (Fsp3) is 0.667. The number of benzene rings is 1. The second kappa shape index (κ2) is 8.43. The maximum absolute atomic E-state index is 13.9. The van der Waals surface area contributed by atoms with E-state index in [0.29, 0.717) is 29.1 Å². The quantitative estimate of drug-likeness (QED) is 0.888. The Labute approximate surface area is 143 Å². The summed E-state index contributed by atoms with van der Waals surface area (Å²) in [6.45, 7) is 5.47. The van der Waals surface area contributed by atoms with Gasteiger partial charge in [0, 0.05) is 36.3 Å². The minimum absolute atomic E-state index is 0.199. The third kappa shape index (κ3) is 4.90. The Balaban J connectivity index is 1.41. The van der Waals surface area contributed by atoms with Crippen LogP contribution < -0.4 is 5.32 Å². The van der Waals surface area contributed by atoms with Crippen LogP contribution in [-0.2, 0) is 11.3 Å². The van der Waals surface area contributed by atoms with Gasteiger partial charge in [-0.1, -0.05) is 17.7 Å². The van der Waals surface area contributed by atoms with Crippen LogP contribution in [0.3, 0.4) is 0 Å². The average Bonchev–Trinajstić information content (AvgIpc) is 2.58. The molecule has 0 radical (unpaired) electrons. The number of ether oxygens (including phenoxy) is 1. The summed E-state index contributed by atoms with van der Waals surface area (Å²) in [5, 5.41) is 4.22. The lowest BCUT2D eigenvalue weighted by Gasteiger charge is -2.34. The van der Waals surface area contributed by atoms with Gasteiger partial charge in [-0.25, -0.2) is 4.39 Å². The van der Waals surface area contributed by atoms with E-state index in [4.69, 9.17) is 16.3 Å². The number of rotatable bonds is 5. The summed E-state index contributed by atoms with van der Waals surface area (Å²) in [7, 11) is 0. The normalized spacial score (nSPS) is 24.0. The van der Waals surface area contributed by atoms with Gasteiger partial charge >= 0.3 is 0 Å². The average molecular weight is 341 g/mol. The molecule has 0 aromatic heterocycles. The molecule has 3 nitrogen and oxygen atoms in total. The largest absolute Gasteiger partial charge is 0.381 e. The zero-order chi connectivity index (χ0) is 16.1. The highest BCUT2D eigenvalue weighted by Gasteiger charge is 2.22. The van der Waals surface area contributed by atoms with Crippen molar-refractivity contribution >= 4 is 11.6 Å². The molecule has 0 saturated carbocycles. The standard InChI is InChI=1S/C18H26ClFN2O/c19-17-4-1-5-18(20)16(17)12-22-8-6-15(7-9-22)21-11-14-3-2-10-23-13-14/h1,4-5,14-15,21H,2-3,6-13H2/t14-/m1/s1. The zero-order valence-electron chi connectivity index (χ0n) is 13.6. The van der Waals surface area contributed by atoms with E-state index in [0.717, 1.165) is 45.7 Å². The lowest BCUT2D eigenvalue weighted by Crippen LogP contribution is -2.44. The summed E-state index contributed by atoms with van der Waals surface area (Å²) in [6.07, 6.45) is 4.69. The van der Waals surface area contributed by atoms with Crippen molar-refractivity contribution in [2.45, 2.75) is 38.3 Å². The molecule has 2 heterocycles. The predicted octanol–water partition coefficient (Wildman–Crippen LogP) is 3.46. The molecule has 1 aromatic carbocycles. The molecule has 2 aliphatic rings. The number of nitrogens with zero attached hydrogens (tertiary/aromatic N) is 1. The highest BCUT2D eigenvalue weighted by atomic mass is 35.5. The third-order valence-electron chi connectivity index (χ3n) is 4.98. The van der Waals surface area contributed by atoms with E-state index in [1.807, 2.05) is 0 Å². The van der Waals surface area contributed by atoms with Crippen LogP contribution in [0.2, 0.25) is 5.02 Å². The van der Waals surface area contributed by atoms with E-state index >= 15 is 0 Å². The van der Waals surface area contributed by atoms with Crippen molar-refractivity contribution in [3.8, 4) is 0 Å². The maximum atomic E-state index is 13.9. The topological polar surface area (TPSA) is 24.5 Å². The molecule has 3 rings (SSSR count). The number of nitrogens with one attached hydrogen (secondary N) is 1. The summed E-state index contributed by atoms with van der Waals surface area (Å²) >= 11 is 6.12. The smallest absolute Gasteiger partial charge is 0.129 e. The summed E-state index contributed by atoms with van der Waals surface area (Å²) < 4.78 is 19.4. The monoisotopic (exact) mass is 340 g/mol. The molecule has 0 bridgehead atoms. The van der Waals surface area contributed by atoms with Crippen molar-refractivity contribution in [1.82, 2.24) is 10.2 Å². The SMILES string of the molecule is Fc1cccc(Cl)c1CN1CCC(NC[C@H]2CCCOC2)CC1. The number of hydrogen-bond donors (Lipinski definition) is 1. The molecular weight excluding hydrogens is 315 g/mol. The van der Waals surface area contributed by atoms with Gasteiger partial charge in [0.05, 0.1) is 6.61 Å². The summed E-state index contributed by atoms with van der Waals surface area (Å²) in [4.78, 5) is 2.30. The lowest BCUT2D eigenvalue weighted by molar-refractivity contribution is 0.0524. The second-order valence-electron chi connectivity index (χ2n) is 6.74. The molecule has 0 aliphatic carbocycles. The fourth-order valence-electron chi connectivity index (χ4n) is 3.50. The molecule has 0 unspecified atom stereocenters. The molecule has 1 atom stereocenters. The van der Waals surface area contributed by atoms with Gasteiger partial charge in [0.2, 0.25) is 0 Å². The van der Waals surface area contributed by atoms with E-state index in [9.17, 15) is 4.39 Å². The van der Waals surface area contributed by atoms with Gasteiger partial charge in [-0.2, -0.15) is 0 Å². The molecule has 2 aliphatic heterocycles. The van der Waals surface area contributed by atoms with Crippen LogP contribution in [0, 0.1) is 11.7 Å². The van der Waals surface area contributed by atoms with Crippen molar-refractivity contribution in [2.75, 3.05) is 32.8 Å². The molecule has 2 saturated heterocycles. The summed E-state index contributed by atoms with van der Waals surface area (Å²) in [5.41, 5.74) is 0.625. The molecular formula is C18H26ClFN2O. The number of halogens is 2. The highest BCUT2D eigenvalue weighted by Crippen LogP contribution is 2.23. The minimum atomic E-state index is -0.199. The van der Waals surface area contributed by atoms with E-state index in [1.54, 1.807) is 12.1 Å². The summed E-state index contributed by atoms with van der Waals surface area (Å²) in [6, 6.07) is 5.48. The Bertz CT molecular complexity index is 480. The van der Waals surface area contributed by atoms with E-state index in [2.05, 4.69) is 10.2 Å². The van der Waals surface area contributed by atoms with Crippen LogP contribution in [0.25, 0.3) is 0 Å². The van der Waals surface area contributed by atoms with Crippen LogP contribution in [0.4, 0.5) is 4.39 Å². The van der Waals surface area contributed by atoms with Gasteiger partial charge in [0.1, 0.15) is 5.82 Å². The number of piperidine rings is 1. The Morgan fingerprint density at radius 3 is 2.78 bits per heavy atom. The molecule has 0 amide bonds. The number of likely N-dealkylation sites (tertiary alicyclic amines) is 1. The van der Waals surface area contributed by atoms with Gasteiger partial charge in [-0.15, -0.1) is 0 Å². The van der Waals surface area contributed by atoms with Crippen molar-refractivity contribution in [3.05, 3.63) is 34.6 Å². The highest BCUT2D eigenvalue weighted by molar-refractivity contribution is 6.31. The Morgan fingerprint density at radius 2 is 2.09 bits per heavy atom. The first-order valence-electron chi connectivity index (χ1n) is 8.69. The third-order valence-corrected chi connectivity index (χ3v) is 5.33. The zero-order valence-corrected chi connectivity index (χ0v) is 14.3. The molecule has 23 heavy (non-hydrogen) atoms. The van der Waals surface area contributed by atoms with Crippen molar-refractivity contribution < 1.29 is 9.13 Å². The molecule has 0 spiro atoms. The van der Waals surface area contributed by atoms with Crippen molar-refractivity contribution in [2.24, 2.45) is 5.92 Å². The Morgan fingerprint density at radius 1 is 1.26 bits per heavy atom. The molecule has 2 fully saturated rings. The minimum Gasteiger partial charge on any atom is -0.381 e. The van der Waals surface area contributed by atoms with Crippen molar-refractivity contribution in [3.63, 3.8) is 0 Å². The Kier molecular flexibility index (Phi) is 6.29. The van der Waals surface area contributed by atoms with Gasteiger partial charge < -0.3 is 10.1 Å². The van der Waals surface area contributed by atoms with Crippen LogP contribution in [0.5, 0.6) is 0 Å². The Hall–Kier alpha value is -0.680. The second-order valence-corrected chi connectivity index (χ2v) is 7.15. The van der Waals surface area contributed by atoms with Gasteiger partial charge in [-0.3, -0.25) is 4.90 Å². The lowest BCUT2D eigenvalue weighted by atomic mass is 9.99. The van der Waals surface area contributed by atoms with Gasteiger partial charge in [-0.05, 0) is 56.8 Å². The first kappa shape index (κ1) is 17.2. The fourth-order valence-corrected chi connectivity index (χ4v) is 3.73. The van der Waals surface area contributed by atoms with Crippen LogP contribution in [-0.4, -0.2) is 43.8 Å². The maximum Gasteiger partial charge on any atom is 0.129 e. The molecule has 128 valence electrons. The van der Waals surface area contributed by atoms with Crippen LogP contribution in [0.1, 0.15) is 31.2 Å². The van der Waals surface area contributed by atoms with Gasteiger partial charge in [0.15, 0.2) is 0 Å². The predicted molar refractivity (Wildman–Crippen MR) is 91.3 cm³/mol. The first-order chi connectivity index (χ1) is 11.2. The van der Waals surface area contributed by atoms with Crippen LogP contribution in [0.15, 0.2) is 18.2 Å². The van der Waals surface area contributed by atoms with E-state index in [-0.39, 0.29) is 5.82 Å². The van der Waals surface area contributed by atoms with Crippen molar-refractivity contribution in [1.29, 1.82) is 0 Å². The number of hydrogen-bond acceptors (Lipinski definition) is 3. The molecule has 5 heteroatoms. The summed E-state index contributed by atoms with van der Waals surface area (Å²) in [5.74, 6) is 0.467. The van der Waals surface area contributed by atoms with E-state index in [1.165, 1.54) is 18.9 Å². The van der Waals surface area contributed by atoms with Gasteiger partial charge in [0.25, 0.3) is 0 Å². The molecule has 1 N–H and O–H groups in total. The van der Waals surface area contributed by atoms with Crippen LogP contribution >= 0.6 is 11.6 Å². The van der Waals surface area contributed by atoms with E-state index < -0.39 is 0 Å². The first-order valence-corrected chi connectivity index (χ1v) is 9.06. The molecule has 1 aromatic rings.